The fraction of sp³-hybridized carbons (Fsp3) is 0.500. The van der Waals surface area contributed by atoms with Gasteiger partial charge < -0.3 is 5.11 Å². The number of hydrogen-bond acceptors (Lipinski definition) is 2. The molecule has 0 bridgehead atoms. The van der Waals surface area contributed by atoms with Crippen LogP contribution in [0.15, 0.2) is 30.3 Å². The zero-order chi connectivity index (χ0) is 12.9. The summed E-state index contributed by atoms with van der Waals surface area (Å²) in [5.74, 6) is -0.0657. The Kier molecular flexibility index (Phi) is 5.06. The van der Waals surface area contributed by atoms with Crippen LogP contribution in [0.25, 0.3) is 0 Å². The van der Waals surface area contributed by atoms with E-state index in [9.17, 15) is 9.90 Å². The van der Waals surface area contributed by atoms with Gasteiger partial charge in [-0.15, -0.1) is 0 Å². The minimum Gasteiger partial charge on any atom is -0.481 e. The van der Waals surface area contributed by atoms with Crippen LogP contribution in [0, 0.1) is 5.41 Å². The molecule has 0 radical (unpaired) electrons. The highest BCUT2D eigenvalue weighted by molar-refractivity contribution is 7.99. The van der Waals surface area contributed by atoms with E-state index in [4.69, 9.17) is 0 Å². The Labute approximate surface area is 107 Å². The summed E-state index contributed by atoms with van der Waals surface area (Å²) >= 11 is 1.70. The predicted octanol–water partition coefficient (Wildman–Crippen LogP) is 3.46. The molecule has 1 N–H and O–H groups in total. The van der Waals surface area contributed by atoms with Crippen molar-refractivity contribution in [2.24, 2.45) is 5.41 Å². The van der Waals surface area contributed by atoms with Crippen LogP contribution in [0.4, 0.5) is 0 Å². The number of carboxylic acids is 1. The Morgan fingerprint density at radius 3 is 2.41 bits per heavy atom. The van der Waals surface area contributed by atoms with Gasteiger partial charge in [0.05, 0.1) is 5.41 Å². The van der Waals surface area contributed by atoms with E-state index in [2.05, 4.69) is 13.8 Å². The van der Waals surface area contributed by atoms with Crippen LogP contribution in [-0.2, 0) is 11.2 Å². The topological polar surface area (TPSA) is 37.3 Å². The molecule has 0 saturated carbocycles. The average Bonchev–Trinajstić information content (AvgIpc) is 2.27. The highest BCUT2D eigenvalue weighted by Crippen LogP contribution is 2.29. The second-order valence-electron chi connectivity index (χ2n) is 4.89. The molecule has 0 fully saturated rings. The molecule has 2 nitrogen and oxygen atoms in total. The first-order valence-corrected chi connectivity index (χ1v) is 6.88. The maximum Gasteiger partial charge on any atom is 0.310 e. The molecule has 0 aliphatic carbocycles. The molecule has 0 aliphatic heterocycles. The number of rotatable bonds is 6. The van der Waals surface area contributed by atoms with Crippen molar-refractivity contribution in [2.45, 2.75) is 32.4 Å². The zero-order valence-corrected chi connectivity index (χ0v) is 11.5. The van der Waals surface area contributed by atoms with Crippen molar-refractivity contribution in [2.75, 3.05) is 5.75 Å². The van der Waals surface area contributed by atoms with Gasteiger partial charge in [-0.3, -0.25) is 4.79 Å². The van der Waals surface area contributed by atoms with Crippen LogP contribution >= 0.6 is 11.8 Å². The van der Waals surface area contributed by atoms with Crippen LogP contribution in [0.5, 0.6) is 0 Å². The van der Waals surface area contributed by atoms with E-state index in [0.29, 0.717) is 17.4 Å². The number of aliphatic carboxylic acids is 1. The summed E-state index contributed by atoms with van der Waals surface area (Å²) in [6, 6.07) is 9.83. The van der Waals surface area contributed by atoms with Crippen LogP contribution in [0.1, 0.15) is 26.3 Å². The summed E-state index contributed by atoms with van der Waals surface area (Å²) in [7, 11) is 0. The summed E-state index contributed by atoms with van der Waals surface area (Å²) in [5, 5.41) is 9.86. The third kappa shape index (κ3) is 4.43. The SMILES string of the molecule is CC(C)SCC(C)(Cc1ccccc1)C(=O)O. The first kappa shape index (κ1) is 14.1. The summed E-state index contributed by atoms with van der Waals surface area (Å²) in [5.41, 5.74) is 0.401. The lowest BCUT2D eigenvalue weighted by Crippen LogP contribution is -2.33. The fourth-order valence-corrected chi connectivity index (χ4v) is 2.51. The molecule has 1 unspecified atom stereocenters. The Balaban J connectivity index is 2.75. The molecule has 0 amide bonds. The van der Waals surface area contributed by atoms with Gasteiger partial charge in [0.1, 0.15) is 0 Å². The lowest BCUT2D eigenvalue weighted by atomic mass is 9.86. The third-order valence-electron chi connectivity index (χ3n) is 2.69. The van der Waals surface area contributed by atoms with Crippen molar-refractivity contribution in [3.8, 4) is 0 Å². The summed E-state index contributed by atoms with van der Waals surface area (Å²) < 4.78 is 0. The molecule has 0 aromatic heterocycles. The van der Waals surface area contributed by atoms with Gasteiger partial charge in [-0.25, -0.2) is 0 Å². The molecule has 0 heterocycles. The first-order valence-electron chi connectivity index (χ1n) is 5.83. The molecule has 1 rings (SSSR count). The molecule has 1 atom stereocenters. The maximum absolute atomic E-state index is 11.4. The standard InChI is InChI=1S/C14H20O2S/c1-11(2)17-10-14(3,13(15)16)9-12-7-5-4-6-8-12/h4-8,11H,9-10H2,1-3H3,(H,15,16). The van der Waals surface area contributed by atoms with E-state index in [1.165, 1.54) is 0 Å². The largest absolute Gasteiger partial charge is 0.481 e. The number of hydrogen-bond donors (Lipinski definition) is 1. The molecule has 17 heavy (non-hydrogen) atoms. The molecule has 94 valence electrons. The van der Waals surface area contributed by atoms with Crippen molar-refractivity contribution in [3.63, 3.8) is 0 Å². The number of carbonyl (C=O) groups is 1. The summed E-state index contributed by atoms with van der Waals surface area (Å²) in [6.07, 6.45) is 0.586. The van der Waals surface area contributed by atoms with Gasteiger partial charge in [-0.1, -0.05) is 44.2 Å². The van der Waals surface area contributed by atoms with E-state index < -0.39 is 11.4 Å². The fourth-order valence-electron chi connectivity index (χ4n) is 1.59. The van der Waals surface area contributed by atoms with Gasteiger partial charge in [-0.2, -0.15) is 11.8 Å². The van der Waals surface area contributed by atoms with Crippen molar-refractivity contribution < 1.29 is 9.90 Å². The lowest BCUT2D eigenvalue weighted by Gasteiger charge is -2.25. The highest BCUT2D eigenvalue weighted by Gasteiger charge is 2.33. The second-order valence-corrected chi connectivity index (χ2v) is 6.45. The van der Waals surface area contributed by atoms with Crippen molar-refractivity contribution in [1.29, 1.82) is 0 Å². The van der Waals surface area contributed by atoms with E-state index in [1.54, 1.807) is 11.8 Å². The molecular weight excluding hydrogens is 232 g/mol. The normalized spacial score (nSPS) is 14.6. The smallest absolute Gasteiger partial charge is 0.310 e. The molecule has 0 saturated heterocycles. The van der Waals surface area contributed by atoms with E-state index >= 15 is 0 Å². The minimum atomic E-state index is -0.713. The van der Waals surface area contributed by atoms with Crippen LogP contribution in [-0.4, -0.2) is 22.1 Å². The molecular formula is C14H20O2S. The molecule has 1 aromatic carbocycles. The Morgan fingerprint density at radius 2 is 1.94 bits per heavy atom. The molecule has 1 aromatic rings. The summed E-state index contributed by atoms with van der Waals surface area (Å²) in [6.45, 7) is 6.02. The van der Waals surface area contributed by atoms with Gasteiger partial charge in [0.15, 0.2) is 0 Å². The van der Waals surface area contributed by atoms with Gasteiger partial charge in [0.25, 0.3) is 0 Å². The maximum atomic E-state index is 11.4. The Hall–Kier alpha value is -0.960. The average molecular weight is 252 g/mol. The minimum absolute atomic E-state index is 0.462. The Morgan fingerprint density at radius 1 is 1.35 bits per heavy atom. The molecule has 0 aliphatic rings. The molecule has 0 spiro atoms. The van der Waals surface area contributed by atoms with E-state index in [1.807, 2.05) is 37.3 Å². The number of carboxylic acid groups (broad SMARTS) is 1. The number of thioether (sulfide) groups is 1. The highest BCUT2D eigenvalue weighted by atomic mass is 32.2. The van der Waals surface area contributed by atoms with Crippen LogP contribution in [0.3, 0.4) is 0 Å². The zero-order valence-electron chi connectivity index (χ0n) is 10.6. The van der Waals surface area contributed by atoms with Gasteiger partial charge in [0.2, 0.25) is 0 Å². The predicted molar refractivity (Wildman–Crippen MR) is 73.5 cm³/mol. The second kappa shape index (κ2) is 6.10. The van der Waals surface area contributed by atoms with Crippen LogP contribution in [0.2, 0.25) is 0 Å². The van der Waals surface area contributed by atoms with E-state index in [0.717, 1.165) is 5.56 Å². The number of benzene rings is 1. The third-order valence-corrected chi connectivity index (χ3v) is 4.16. The first-order chi connectivity index (χ1) is 7.94. The summed E-state index contributed by atoms with van der Waals surface area (Å²) in [4.78, 5) is 11.4. The van der Waals surface area contributed by atoms with Gasteiger partial charge in [-0.05, 0) is 24.2 Å². The van der Waals surface area contributed by atoms with Crippen molar-refractivity contribution >= 4 is 17.7 Å². The van der Waals surface area contributed by atoms with Gasteiger partial charge >= 0.3 is 5.97 Å². The monoisotopic (exact) mass is 252 g/mol. The van der Waals surface area contributed by atoms with Crippen molar-refractivity contribution in [3.05, 3.63) is 35.9 Å². The van der Waals surface area contributed by atoms with Gasteiger partial charge in [0, 0.05) is 5.75 Å². The lowest BCUT2D eigenvalue weighted by molar-refractivity contribution is -0.146. The Bertz CT molecular complexity index is 362. The quantitative estimate of drug-likeness (QED) is 0.842. The molecule has 3 heteroatoms. The van der Waals surface area contributed by atoms with E-state index in [-0.39, 0.29) is 0 Å². The van der Waals surface area contributed by atoms with Crippen molar-refractivity contribution in [1.82, 2.24) is 0 Å². The van der Waals surface area contributed by atoms with Crippen LogP contribution < -0.4 is 0 Å².